The van der Waals surface area contributed by atoms with Crippen LogP contribution < -0.4 is 4.74 Å². The van der Waals surface area contributed by atoms with Gasteiger partial charge < -0.3 is 4.74 Å². The van der Waals surface area contributed by atoms with E-state index in [0.29, 0.717) is 0 Å². The predicted molar refractivity (Wildman–Crippen MR) is 167 cm³/mol. The van der Waals surface area contributed by atoms with E-state index in [4.69, 9.17) is 4.74 Å². The highest BCUT2D eigenvalue weighted by molar-refractivity contribution is 5.95. The molecule has 0 radical (unpaired) electrons. The Morgan fingerprint density at radius 2 is 0.951 bits per heavy atom. The van der Waals surface area contributed by atoms with Gasteiger partial charge in [-0.05, 0) is 73.8 Å². The quantitative estimate of drug-likeness (QED) is 0.208. The maximum Gasteiger partial charge on any atom is 0.132 e. The average Bonchev–Trinajstić information content (AvgIpc) is 3.44. The van der Waals surface area contributed by atoms with E-state index in [2.05, 4.69) is 147 Å². The van der Waals surface area contributed by atoms with E-state index in [9.17, 15) is 0 Å². The van der Waals surface area contributed by atoms with Crippen molar-refractivity contribution in [3.8, 4) is 44.9 Å². The molecule has 1 spiro atoms. The van der Waals surface area contributed by atoms with Crippen molar-refractivity contribution in [2.75, 3.05) is 0 Å². The first-order valence-corrected chi connectivity index (χ1v) is 14.4. The number of hydrogen-bond donors (Lipinski definition) is 0. The normalized spacial score (nSPS) is 15.7. The minimum atomic E-state index is -0.456. The third-order valence-electron chi connectivity index (χ3n) is 9.77. The van der Waals surface area contributed by atoms with Gasteiger partial charge in [0.15, 0.2) is 0 Å². The SMILES string of the molecule is CC1(C)c2ccccc2-c2c(-c3ccc4c(c3)C3(c5ccccc5Oc5ccccc53)c3ccccc3-4)cccc21. The first kappa shape index (κ1) is 22.9. The Kier molecular flexibility index (Phi) is 4.39. The molecular formula is C40H28O. The van der Waals surface area contributed by atoms with Crippen LogP contribution >= 0.6 is 0 Å². The van der Waals surface area contributed by atoms with Crippen molar-refractivity contribution >= 4 is 0 Å². The molecule has 0 aromatic heterocycles. The van der Waals surface area contributed by atoms with E-state index >= 15 is 0 Å². The van der Waals surface area contributed by atoms with Crippen molar-refractivity contribution in [2.24, 2.45) is 0 Å². The van der Waals surface area contributed by atoms with Gasteiger partial charge in [0.1, 0.15) is 11.5 Å². The Hall–Kier alpha value is -4.88. The molecule has 41 heavy (non-hydrogen) atoms. The van der Waals surface area contributed by atoms with Crippen molar-refractivity contribution in [1.82, 2.24) is 0 Å². The third-order valence-corrected chi connectivity index (χ3v) is 9.77. The van der Waals surface area contributed by atoms with Crippen LogP contribution in [-0.4, -0.2) is 0 Å². The summed E-state index contributed by atoms with van der Waals surface area (Å²) in [4.78, 5) is 0. The van der Waals surface area contributed by atoms with Gasteiger partial charge in [-0.3, -0.25) is 0 Å². The van der Waals surface area contributed by atoms with E-state index in [0.717, 1.165) is 11.5 Å². The Morgan fingerprint density at radius 3 is 1.68 bits per heavy atom. The lowest BCUT2D eigenvalue weighted by Crippen LogP contribution is -2.32. The molecule has 0 saturated heterocycles. The fraction of sp³-hybridized carbons (Fsp3) is 0.100. The first-order valence-electron chi connectivity index (χ1n) is 14.4. The van der Waals surface area contributed by atoms with Crippen LogP contribution in [0.2, 0.25) is 0 Å². The Balaban J connectivity index is 1.38. The summed E-state index contributed by atoms with van der Waals surface area (Å²) < 4.78 is 6.53. The second-order valence-corrected chi connectivity index (χ2v) is 12.0. The molecule has 9 rings (SSSR count). The molecule has 0 fully saturated rings. The molecule has 0 atom stereocenters. The van der Waals surface area contributed by atoms with Gasteiger partial charge in [0, 0.05) is 16.5 Å². The van der Waals surface area contributed by atoms with E-state index in [-0.39, 0.29) is 5.41 Å². The summed E-state index contributed by atoms with van der Waals surface area (Å²) in [5, 5.41) is 0. The largest absolute Gasteiger partial charge is 0.457 e. The van der Waals surface area contributed by atoms with Crippen molar-refractivity contribution < 1.29 is 4.74 Å². The first-order chi connectivity index (χ1) is 20.1. The predicted octanol–water partition coefficient (Wildman–Crippen LogP) is 10.1. The van der Waals surface area contributed by atoms with Gasteiger partial charge in [0.2, 0.25) is 0 Å². The molecule has 0 saturated carbocycles. The number of hydrogen-bond acceptors (Lipinski definition) is 1. The number of para-hydroxylation sites is 2. The zero-order valence-electron chi connectivity index (χ0n) is 23.1. The number of ether oxygens (including phenoxy) is 1. The summed E-state index contributed by atoms with van der Waals surface area (Å²) in [6.07, 6.45) is 0. The van der Waals surface area contributed by atoms with Crippen LogP contribution in [0, 0.1) is 0 Å². The molecular weight excluding hydrogens is 496 g/mol. The lowest BCUT2D eigenvalue weighted by molar-refractivity contribution is 0.436. The van der Waals surface area contributed by atoms with Gasteiger partial charge in [-0.1, -0.05) is 129 Å². The average molecular weight is 525 g/mol. The highest BCUT2D eigenvalue weighted by Gasteiger charge is 2.51. The third kappa shape index (κ3) is 2.76. The summed E-state index contributed by atoms with van der Waals surface area (Å²) in [5.74, 6) is 1.85. The van der Waals surface area contributed by atoms with Crippen LogP contribution in [0.4, 0.5) is 0 Å². The molecule has 1 aliphatic heterocycles. The second-order valence-electron chi connectivity index (χ2n) is 12.0. The highest BCUT2D eigenvalue weighted by atomic mass is 16.5. The smallest absolute Gasteiger partial charge is 0.132 e. The van der Waals surface area contributed by atoms with Gasteiger partial charge >= 0.3 is 0 Å². The maximum atomic E-state index is 6.53. The van der Waals surface area contributed by atoms with Crippen LogP contribution in [0.1, 0.15) is 47.2 Å². The van der Waals surface area contributed by atoms with E-state index in [1.807, 2.05) is 0 Å². The van der Waals surface area contributed by atoms with Gasteiger partial charge in [0.05, 0.1) is 5.41 Å². The van der Waals surface area contributed by atoms with Crippen LogP contribution in [0.25, 0.3) is 33.4 Å². The van der Waals surface area contributed by atoms with Crippen molar-refractivity contribution in [3.05, 3.63) is 167 Å². The van der Waals surface area contributed by atoms with Gasteiger partial charge in [-0.2, -0.15) is 0 Å². The fourth-order valence-corrected chi connectivity index (χ4v) is 8.02. The van der Waals surface area contributed by atoms with Gasteiger partial charge in [-0.25, -0.2) is 0 Å². The van der Waals surface area contributed by atoms with Crippen LogP contribution in [0.15, 0.2) is 133 Å². The molecule has 6 aromatic rings. The zero-order valence-corrected chi connectivity index (χ0v) is 23.1. The number of fused-ring (bicyclic) bond motifs is 12. The summed E-state index contributed by atoms with van der Waals surface area (Å²) >= 11 is 0. The molecule has 1 nitrogen and oxygen atoms in total. The van der Waals surface area contributed by atoms with Gasteiger partial charge in [-0.15, -0.1) is 0 Å². The molecule has 0 unspecified atom stereocenters. The molecule has 0 bridgehead atoms. The fourth-order valence-electron chi connectivity index (χ4n) is 8.02. The van der Waals surface area contributed by atoms with Crippen LogP contribution in [-0.2, 0) is 10.8 Å². The molecule has 1 heterocycles. The van der Waals surface area contributed by atoms with Crippen molar-refractivity contribution in [3.63, 3.8) is 0 Å². The Morgan fingerprint density at radius 1 is 0.415 bits per heavy atom. The molecule has 3 aliphatic rings. The highest BCUT2D eigenvalue weighted by Crippen LogP contribution is 2.62. The second kappa shape index (κ2) is 7.86. The van der Waals surface area contributed by atoms with E-state index in [1.165, 1.54) is 66.8 Å². The topological polar surface area (TPSA) is 9.23 Å². The van der Waals surface area contributed by atoms with E-state index in [1.54, 1.807) is 0 Å². The number of benzene rings is 6. The molecule has 0 amide bonds. The molecule has 194 valence electrons. The molecule has 0 N–H and O–H groups in total. The van der Waals surface area contributed by atoms with Crippen LogP contribution in [0.3, 0.4) is 0 Å². The Bertz CT molecular complexity index is 2020. The minimum absolute atomic E-state index is 0.0330. The summed E-state index contributed by atoms with van der Waals surface area (Å²) in [6.45, 7) is 4.71. The van der Waals surface area contributed by atoms with Crippen molar-refractivity contribution in [1.29, 1.82) is 0 Å². The molecule has 2 aliphatic carbocycles. The van der Waals surface area contributed by atoms with Crippen molar-refractivity contribution in [2.45, 2.75) is 24.7 Å². The zero-order chi connectivity index (χ0) is 27.3. The standard InChI is InChI=1S/C40H28O/c1-39(2)30-15-5-4-13-29(30)38-26(14-11-19-34(38)39)25-22-23-28-27-12-3-6-16-31(27)40(35(28)24-25)32-17-7-9-20-36(32)41-37-21-10-8-18-33(37)40/h3-24H,1-2H3. The summed E-state index contributed by atoms with van der Waals surface area (Å²) in [7, 11) is 0. The van der Waals surface area contributed by atoms with Crippen LogP contribution in [0.5, 0.6) is 11.5 Å². The monoisotopic (exact) mass is 524 g/mol. The minimum Gasteiger partial charge on any atom is -0.457 e. The molecule has 1 heteroatoms. The lowest BCUT2D eigenvalue weighted by Gasteiger charge is -2.39. The summed E-state index contributed by atoms with van der Waals surface area (Å²) in [5.41, 5.74) is 15.2. The number of rotatable bonds is 1. The maximum absolute atomic E-state index is 6.53. The summed E-state index contributed by atoms with van der Waals surface area (Å²) in [6, 6.07) is 49.0. The van der Waals surface area contributed by atoms with Gasteiger partial charge in [0.25, 0.3) is 0 Å². The Labute approximate surface area is 240 Å². The lowest BCUT2D eigenvalue weighted by atomic mass is 9.66. The molecule has 6 aromatic carbocycles. The van der Waals surface area contributed by atoms with E-state index < -0.39 is 5.41 Å².